The molecular weight excluding hydrogens is 290 g/mol. The van der Waals surface area contributed by atoms with Crippen LogP contribution in [0.5, 0.6) is 0 Å². The van der Waals surface area contributed by atoms with Gasteiger partial charge < -0.3 is 10.7 Å². The van der Waals surface area contributed by atoms with Crippen molar-refractivity contribution in [3.63, 3.8) is 0 Å². The molecule has 2 rings (SSSR count). The summed E-state index contributed by atoms with van der Waals surface area (Å²) >= 11 is 0. The van der Waals surface area contributed by atoms with Crippen LogP contribution >= 0.6 is 0 Å². The maximum atomic E-state index is 12.5. The molecule has 6 nitrogen and oxygen atoms in total. The molecular formula is C17H25N5O. The van der Waals surface area contributed by atoms with E-state index in [-0.39, 0.29) is 11.9 Å². The predicted molar refractivity (Wildman–Crippen MR) is 91.1 cm³/mol. The Morgan fingerprint density at radius 2 is 2.13 bits per heavy atom. The highest BCUT2D eigenvalue weighted by molar-refractivity contribution is 5.99. The number of nitrogens with one attached hydrogen (secondary N) is 2. The zero-order valence-electron chi connectivity index (χ0n) is 14.3. The molecule has 1 atom stereocenters. The summed E-state index contributed by atoms with van der Waals surface area (Å²) in [5, 5.41) is 14.6. The Hall–Kier alpha value is -2.24. The van der Waals surface area contributed by atoms with Crippen molar-refractivity contribution in [2.75, 3.05) is 0 Å². The maximum absolute atomic E-state index is 12.5. The molecule has 0 aliphatic carbocycles. The van der Waals surface area contributed by atoms with Crippen molar-refractivity contribution in [3.05, 3.63) is 29.7 Å². The number of nitrogens with zero attached hydrogens (tertiary/aromatic N) is 3. The predicted octanol–water partition coefficient (Wildman–Crippen LogP) is 2.87. The van der Waals surface area contributed by atoms with Gasteiger partial charge in [-0.1, -0.05) is 13.8 Å². The molecule has 0 aliphatic heterocycles. The number of carbonyl (C=O) groups is 1. The smallest absolute Gasteiger partial charge is 0.256 e. The minimum atomic E-state index is -0.163. The fraction of sp³-hybridized carbons (Fsp3) is 0.529. The van der Waals surface area contributed by atoms with Gasteiger partial charge in [0.05, 0.1) is 6.20 Å². The summed E-state index contributed by atoms with van der Waals surface area (Å²) < 4.78 is 1.63. The summed E-state index contributed by atoms with van der Waals surface area (Å²) in [4.78, 5) is 17.0. The molecule has 2 aromatic rings. The third kappa shape index (κ3) is 4.61. The molecule has 0 unspecified atom stereocenters. The van der Waals surface area contributed by atoms with Gasteiger partial charge in [-0.15, -0.1) is 0 Å². The van der Waals surface area contributed by atoms with Gasteiger partial charge in [0, 0.05) is 23.6 Å². The van der Waals surface area contributed by atoms with Gasteiger partial charge in [-0.2, -0.15) is 5.10 Å². The van der Waals surface area contributed by atoms with Gasteiger partial charge in [0.2, 0.25) is 0 Å². The number of amides is 1. The van der Waals surface area contributed by atoms with E-state index in [0.29, 0.717) is 29.3 Å². The molecule has 124 valence electrons. The third-order valence-electron chi connectivity index (χ3n) is 3.62. The van der Waals surface area contributed by atoms with Crippen molar-refractivity contribution in [1.29, 1.82) is 5.41 Å². The van der Waals surface area contributed by atoms with E-state index < -0.39 is 0 Å². The van der Waals surface area contributed by atoms with Crippen LogP contribution in [0.2, 0.25) is 0 Å². The lowest BCUT2D eigenvalue weighted by atomic mass is 10.1. The number of hydrogen-bond acceptors (Lipinski definition) is 4. The van der Waals surface area contributed by atoms with E-state index >= 15 is 0 Å². The quantitative estimate of drug-likeness (QED) is 0.771. The van der Waals surface area contributed by atoms with Crippen LogP contribution < -0.4 is 5.32 Å². The number of carbonyl (C=O) groups excluding carboxylic acids is 1. The first-order chi connectivity index (χ1) is 10.9. The van der Waals surface area contributed by atoms with E-state index in [9.17, 15) is 4.79 Å². The second kappa shape index (κ2) is 7.35. The fourth-order valence-corrected chi connectivity index (χ4v) is 2.41. The van der Waals surface area contributed by atoms with Crippen molar-refractivity contribution >= 4 is 17.3 Å². The summed E-state index contributed by atoms with van der Waals surface area (Å²) in [7, 11) is 0. The Bertz CT molecular complexity index is 704. The Morgan fingerprint density at radius 3 is 2.78 bits per heavy atom. The molecule has 0 saturated heterocycles. The molecule has 0 aliphatic rings. The number of aromatic nitrogens is 3. The van der Waals surface area contributed by atoms with Gasteiger partial charge >= 0.3 is 0 Å². The highest BCUT2D eigenvalue weighted by atomic mass is 16.1. The van der Waals surface area contributed by atoms with Crippen molar-refractivity contribution in [3.8, 4) is 0 Å². The van der Waals surface area contributed by atoms with E-state index in [1.54, 1.807) is 17.6 Å². The van der Waals surface area contributed by atoms with Gasteiger partial charge in [0.25, 0.3) is 5.91 Å². The third-order valence-corrected chi connectivity index (χ3v) is 3.62. The minimum absolute atomic E-state index is 0.0107. The van der Waals surface area contributed by atoms with Gasteiger partial charge in [0.1, 0.15) is 5.56 Å². The Kier molecular flexibility index (Phi) is 5.47. The second-order valence-electron chi connectivity index (χ2n) is 6.54. The van der Waals surface area contributed by atoms with Crippen LogP contribution in [-0.2, 0) is 6.42 Å². The summed E-state index contributed by atoms with van der Waals surface area (Å²) in [6.45, 7) is 8.01. The SMILES string of the molecule is CC(=N)CC[C@@H](C)NC(=O)c1cnn2ccc(CC(C)C)nc12. The number of hydrogen-bond donors (Lipinski definition) is 2. The normalized spacial score (nSPS) is 12.6. The van der Waals surface area contributed by atoms with Gasteiger partial charge in [0.15, 0.2) is 5.65 Å². The molecule has 6 heteroatoms. The Labute approximate surface area is 136 Å². The van der Waals surface area contributed by atoms with Crippen LogP contribution in [0.15, 0.2) is 18.5 Å². The van der Waals surface area contributed by atoms with Crippen molar-refractivity contribution in [1.82, 2.24) is 19.9 Å². The van der Waals surface area contributed by atoms with Crippen LogP contribution in [0.3, 0.4) is 0 Å². The van der Waals surface area contributed by atoms with E-state index in [1.165, 1.54) is 0 Å². The summed E-state index contributed by atoms with van der Waals surface area (Å²) in [6, 6.07) is 1.95. The summed E-state index contributed by atoms with van der Waals surface area (Å²) in [5.74, 6) is 0.346. The van der Waals surface area contributed by atoms with Crippen LogP contribution in [0.1, 0.15) is 56.6 Å². The van der Waals surface area contributed by atoms with Crippen LogP contribution in [-0.4, -0.2) is 32.3 Å². The number of fused-ring (bicyclic) bond motifs is 1. The highest BCUT2D eigenvalue weighted by Crippen LogP contribution is 2.12. The van der Waals surface area contributed by atoms with Gasteiger partial charge in [-0.05, 0) is 45.1 Å². The maximum Gasteiger partial charge on any atom is 0.256 e. The zero-order valence-corrected chi connectivity index (χ0v) is 14.3. The van der Waals surface area contributed by atoms with E-state index in [0.717, 1.165) is 18.5 Å². The topological polar surface area (TPSA) is 83.1 Å². The molecule has 0 bridgehead atoms. The molecule has 0 fully saturated rings. The Balaban J connectivity index is 2.15. The van der Waals surface area contributed by atoms with Gasteiger partial charge in [-0.3, -0.25) is 4.79 Å². The molecule has 2 N–H and O–H groups in total. The van der Waals surface area contributed by atoms with Crippen LogP contribution in [0, 0.1) is 11.3 Å². The van der Waals surface area contributed by atoms with Crippen molar-refractivity contribution < 1.29 is 4.79 Å². The lowest BCUT2D eigenvalue weighted by Crippen LogP contribution is -2.32. The Morgan fingerprint density at radius 1 is 1.39 bits per heavy atom. The highest BCUT2D eigenvalue weighted by Gasteiger charge is 2.16. The minimum Gasteiger partial charge on any atom is -0.349 e. The standard InChI is InChI=1S/C17H25N5O/c1-11(2)9-14-7-8-22-16(21-14)15(10-19-22)17(23)20-13(4)6-5-12(3)18/h7-8,10-11,13,18H,5-6,9H2,1-4H3,(H,20,23)/t13-/m1/s1. The molecule has 0 radical (unpaired) electrons. The lowest BCUT2D eigenvalue weighted by Gasteiger charge is -2.13. The fourth-order valence-electron chi connectivity index (χ4n) is 2.41. The first kappa shape index (κ1) is 17.1. The van der Waals surface area contributed by atoms with Crippen molar-refractivity contribution in [2.45, 2.75) is 53.0 Å². The van der Waals surface area contributed by atoms with Crippen LogP contribution in [0.4, 0.5) is 0 Å². The van der Waals surface area contributed by atoms with Crippen molar-refractivity contribution in [2.24, 2.45) is 5.92 Å². The molecule has 0 aromatic carbocycles. The zero-order chi connectivity index (χ0) is 17.0. The average molecular weight is 315 g/mol. The summed E-state index contributed by atoms with van der Waals surface area (Å²) in [6.07, 6.45) is 5.72. The largest absolute Gasteiger partial charge is 0.349 e. The lowest BCUT2D eigenvalue weighted by molar-refractivity contribution is 0.0940. The molecule has 0 saturated carbocycles. The van der Waals surface area contributed by atoms with E-state index in [4.69, 9.17) is 5.41 Å². The monoisotopic (exact) mass is 315 g/mol. The molecule has 0 spiro atoms. The molecule has 2 heterocycles. The average Bonchev–Trinajstić information content (AvgIpc) is 2.87. The summed E-state index contributed by atoms with van der Waals surface area (Å²) in [5.41, 5.74) is 2.68. The van der Waals surface area contributed by atoms with E-state index in [2.05, 4.69) is 29.2 Å². The van der Waals surface area contributed by atoms with Gasteiger partial charge in [-0.25, -0.2) is 9.50 Å². The number of rotatable bonds is 7. The van der Waals surface area contributed by atoms with Crippen LogP contribution in [0.25, 0.3) is 5.65 Å². The van der Waals surface area contributed by atoms with E-state index in [1.807, 2.05) is 19.2 Å². The molecule has 2 aromatic heterocycles. The second-order valence-corrected chi connectivity index (χ2v) is 6.54. The first-order valence-electron chi connectivity index (χ1n) is 8.05. The molecule has 1 amide bonds. The molecule has 23 heavy (non-hydrogen) atoms. The first-order valence-corrected chi connectivity index (χ1v) is 8.05.